The zero-order valence-electron chi connectivity index (χ0n) is 38.2. The van der Waals surface area contributed by atoms with Gasteiger partial charge in [-0.1, -0.05) is 204 Å². The second-order valence-electron chi connectivity index (χ2n) is 16.3. The van der Waals surface area contributed by atoms with Crippen LogP contribution in [-0.2, 0) is 32.7 Å². The van der Waals surface area contributed by atoms with Gasteiger partial charge < -0.3 is 20.1 Å². The topological polar surface area (TPSA) is 134 Å². The van der Waals surface area contributed by atoms with Crippen molar-refractivity contribution in [1.29, 1.82) is 0 Å². The quantitative estimate of drug-likeness (QED) is 0.0265. The first-order chi connectivity index (χ1) is 28.8. The second-order valence-corrected chi connectivity index (χ2v) is 17.8. The van der Waals surface area contributed by atoms with Gasteiger partial charge in [-0.25, -0.2) is 4.57 Å². The first kappa shape index (κ1) is 57.2. The van der Waals surface area contributed by atoms with Gasteiger partial charge in [0.25, 0.3) is 0 Å². The van der Waals surface area contributed by atoms with Crippen molar-refractivity contribution in [2.24, 2.45) is 5.73 Å². The van der Waals surface area contributed by atoms with Gasteiger partial charge in [-0.2, -0.15) is 0 Å². The van der Waals surface area contributed by atoms with E-state index in [1.165, 1.54) is 141 Å². The average molecular weight is 854 g/mol. The first-order valence-corrected chi connectivity index (χ1v) is 26.0. The molecular weight excluding hydrogens is 762 g/mol. The van der Waals surface area contributed by atoms with Crippen LogP contribution in [0.5, 0.6) is 0 Å². The zero-order chi connectivity index (χ0) is 43.2. The maximum atomic E-state index is 12.6. The van der Waals surface area contributed by atoms with Crippen molar-refractivity contribution in [3.05, 3.63) is 36.5 Å². The van der Waals surface area contributed by atoms with E-state index in [1.54, 1.807) is 0 Å². The first-order valence-electron chi connectivity index (χ1n) is 24.5. The number of ether oxygens (including phenoxy) is 2. The van der Waals surface area contributed by atoms with Crippen LogP contribution in [-0.4, -0.2) is 49.3 Å². The van der Waals surface area contributed by atoms with E-state index < -0.39 is 32.5 Å². The summed E-state index contributed by atoms with van der Waals surface area (Å²) >= 11 is 0. The molecule has 0 bridgehead atoms. The molecule has 9 nitrogen and oxygen atoms in total. The van der Waals surface area contributed by atoms with Crippen LogP contribution in [0.3, 0.4) is 0 Å². The van der Waals surface area contributed by atoms with E-state index in [4.69, 9.17) is 24.3 Å². The van der Waals surface area contributed by atoms with Crippen molar-refractivity contribution < 1.29 is 37.6 Å². The molecule has 2 atom stereocenters. The van der Waals surface area contributed by atoms with E-state index in [-0.39, 0.29) is 32.6 Å². The molecule has 0 saturated heterocycles. The van der Waals surface area contributed by atoms with Crippen molar-refractivity contribution in [3.63, 3.8) is 0 Å². The van der Waals surface area contributed by atoms with Gasteiger partial charge in [0, 0.05) is 19.4 Å². The van der Waals surface area contributed by atoms with Crippen LogP contribution in [0, 0.1) is 0 Å². The lowest BCUT2D eigenvalue weighted by Crippen LogP contribution is -2.29. The Bertz CT molecular complexity index is 1060. The molecule has 0 fully saturated rings. The minimum atomic E-state index is -4.38. The summed E-state index contributed by atoms with van der Waals surface area (Å²) in [6, 6.07) is 0. The minimum absolute atomic E-state index is 0.0509. The average Bonchev–Trinajstić information content (AvgIpc) is 3.22. The highest BCUT2D eigenvalue weighted by Crippen LogP contribution is 2.43. The predicted molar refractivity (Wildman–Crippen MR) is 247 cm³/mol. The third-order valence-corrected chi connectivity index (χ3v) is 11.5. The molecule has 3 N–H and O–H groups in total. The lowest BCUT2D eigenvalue weighted by Gasteiger charge is -2.19. The summed E-state index contributed by atoms with van der Waals surface area (Å²) in [6.45, 7) is 3.71. The molecule has 0 aromatic rings. The zero-order valence-corrected chi connectivity index (χ0v) is 39.1. The van der Waals surface area contributed by atoms with Crippen LogP contribution >= 0.6 is 7.82 Å². The highest BCUT2D eigenvalue weighted by atomic mass is 31.2. The Hall–Kier alpha value is -1.77. The molecule has 59 heavy (non-hydrogen) atoms. The Morgan fingerprint density at radius 1 is 0.508 bits per heavy atom. The number of carbonyl (C=O) groups excluding carboxylic acids is 2. The maximum Gasteiger partial charge on any atom is 0.472 e. The molecule has 0 rings (SSSR count). The van der Waals surface area contributed by atoms with Crippen LogP contribution in [0.4, 0.5) is 0 Å². The van der Waals surface area contributed by atoms with Crippen LogP contribution in [0.1, 0.15) is 232 Å². The number of nitrogens with two attached hydrogens (primary N) is 1. The van der Waals surface area contributed by atoms with Crippen molar-refractivity contribution in [1.82, 2.24) is 0 Å². The van der Waals surface area contributed by atoms with E-state index in [0.717, 1.165) is 51.4 Å². The molecule has 0 radical (unpaired) electrons. The van der Waals surface area contributed by atoms with E-state index in [0.29, 0.717) is 12.8 Å². The van der Waals surface area contributed by atoms with E-state index in [1.807, 2.05) is 0 Å². The number of phosphoric ester groups is 1. The third kappa shape index (κ3) is 45.6. The van der Waals surface area contributed by atoms with Crippen molar-refractivity contribution in [2.45, 2.75) is 238 Å². The number of esters is 2. The van der Waals surface area contributed by atoms with Crippen LogP contribution in [0.25, 0.3) is 0 Å². The van der Waals surface area contributed by atoms with Gasteiger partial charge in [-0.05, 0) is 51.4 Å². The molecule has 0 aliphatic rings. The summed E-state index contributed by atoms with van der Waals surface area (Å²) in [5.74, 6) is -0.845. The molecule has 0 aromatic carbocycles. The third-order valence-electron chi connectivity index (χ3n) is 10.5. The number of unbranched alkanes of at least 4 members (excludes halogenated alkanes) is 27. The largest absolute Gasteiger partial charge is 0.472 e. The van der Waals surface area contributed by atoms with Crippen LogP contribution in [0.15, 0.2) is 36.5 Å². The highest BCUT2D eigenvalue weighted by molar-refractivity contribution is 7.47. The Labute approximate surface area is 363 Å². The molecule has 0 heterocycles. The summed E-state index contributed by atoms with van der Waals surface area (Å²) in [6.07, 6.45) is 51.8. The Morgan fingerprint density at radius 2 is 0.881 bits per heavy atom. The molecule has 10 heteroatoms. The second kappa shape index (κ2) is 45.7. The smallest absolute Gasteiger partial charge is 0.462 e. The Morgan fingerprint density at radius 3 is 1.34 bits per heavy atom. The van der Waals surface area contributed by atoms with Crippen LogP contribution in [0.2, 0.25) is 0 Å². The molecule has 1 unspecified atom stereocenters. The molecule has 0 saturated carbocycles. The lowest BCUT2D eigenvalue weighted by molar-refractivity contribution is -0.161. The predicted octanol–water partition coefficient (Wildman–Crippen LogP) is 14.5. The number of hydrogen-bond acceptors (Lipinski definition) is 8. The molecule has 346 valence electrons. The van der Waals surface area contributed by atoms with E-state index in [9.17, 15) is 19.0 Å². The fourth-order valence-electron chi connectivity index (χ4n) is 6.88. The van der Waals surface area contributed by atoms with Crippen molar-refractivity contribution in [3.8, 4) is 0 Å². The van der Waals surface area contributed by atoms with Crippen molar-refractivity contribution in [2.75, 3.05) is 26.4 Å². The summed E-state index contributed by atoms with van der Waals surface area (Å²) in [4.78, 5) is 35.0. The monoisotopic (exact) mass is 854 g/mol. The number of carbonyl (C=O) groups is 2. The standard InChI is InChI=1S/C49H92NO8P/c1-3-5-7-9-11-13-15-17-19-21-22-23-24-26-28-30-32-34-36-38-40-42-49(52)58-47(46-57-59(53,54)56-44-43-50)45-55-48(51)41-39-37-35-33-31-29-27-25-20-18-16-14-12-10-8-6-4-2/h12,14,18,20,27,29,47H,3-11,13,15-17,19,21-26,28,30-46,50H2,1-2H3,(H,53,54)/b14-12+,20-18+,29-27+/t47-/m1/s1. The van der Waals surface area contributed by atoms with Gasteiger partial charge in [0.2, 0.25) is 0 Å². The van der Waals surface area contributed by atoms with Crippen LogP contribution < -0.4 is 5.73 Å². The fraction of sp³-hybridized carbons (Fsp3) is 0.837. The molecule has 0 amide bonds. The lowest BCUT2D eigenvalue weighted by atomic mass is 10.0. The number of allylic oxidation sites excluding steroid dienone is 6. The summed E-state index contributed by atoms with van der Waals surface area (Å²) in [5.41, 5.74) is 5.36. The van der Waals surface area contributed by atoms with Gasteiger partial charge in [-0.15, -0.1) is 0 Å². The van der Waals surface area contributed by atoms with Gasteiger partial charge in [0.05, 0.1) is 13.2 Å². The van der Waals surface area contributed by atoms with Crippen molar-refractivity contribution >= 4 is 19.8 Å². The normalized spacial score (nSPS) is 13.5. The van der Waals surface area contributed by atoms with Gasteiger partial charge in [0.1, 0.15) is 6.61 Å². The Kier molecular flexibility index (Phi) is 44.4. The number of phosphoric acid groups is 1. The molecular formula is C49H92NO8P. The van der Waals surface area contributed by atoms with Gasteiger partial charge in [0.15, 0.2) is 6.10 Å². The molecule has 0 aliphatic heterocycles. The van der Waals surface area contributed by atoms with E-state index in [2.05, 4.69) is 50.3 Å². The SMILES string of the molecule is CCCCC/C=C/C/C=C/C/C=C/CCCCCCC(=O)OC[C@H](COP(=O)(O)OCCN)OC(=O)CCCCCCCCCCCCCCCCCCCCCCC. The highest BCUT2D eigenvalue weighted by Gasteiger charge is 2.26. The Balaban J connectivity index is 4.08. The summed E-state index contributed by atoms with van der Waals surface area (Å²) in [5, 5.41) is 0. The molecule has 0 aromatic heterocycles. The number of hydrogen-bond donors (Lipinski definition) is 2. The minimum Gasteiger partial charge on any atom is -0.462 e. The van der Waals surface area contributed by atoms with Gasteiger partial charge in [-0.3, -0.25) is 18.6 Å². The summed E-state index contributed by atoms with van der Waals surface area (Å²) < 4.78 is 32.9. The maximum absolute atomic E-state index is 12.6. The molecule has 0 spiro atoms. The summed E-state index contributed by atoms with van der Waals surface area (Å²) in [7, 11) is -4.38. The fourth-order valence-corrected chi connectivity index (χ4v) is 7.64. The molecule has 0 aliphatic carbocycles. The van der Waals surface area contributed by atoms with Gasteiger partial charge >= 0.3 is 19.8 Å². The number of rotatable bonds is 46. The van der Waals surface area contributed by atoms with E-state index >= 15 is 0 Å².